The van der Waals surface area contributed by atoms with Crippen molar-refractivity contribution in [3.8, 4) is 29.1 Å². The topological polar surface area (TPSA) is 122 Å². The van der Waals surface area contributed by atoms with Crippen molar-refractivity contribution in [1.29, 1.82) is 0 Å². The quantitative estimate of drug-likeness (QED) is 0.322. The third-order valence-electron chi connectivity index (χ3n) is 6.80. The molecule has 1 fully saturated rings. The first-order chi connectivity index (χ1) is 19.7. The van der Waals surface area contributed by atoms with Gasteiger partial charge in [0.2, 0.25) is 5.95 Å². The molecule has 196 valence electrons. The molecule has 0 unspecified atom stereocenters. The molecule has 2 N–H and O–H groups in total. The van der Waals surface area contributed by atoms with E-state index in [4.69, 9.17) is 9.72 Å². The minimum absolute atomic E-state index is 0.0211. The zero-order chi connectivity index (χ0) is 26.9. The van der Waals surface area contributed by atoms with Gasteiger partial charge in [0.15, 0.2) is 12.4 Å². The molecular formula is C30H24N8O2. The fourth-order valence-corrected chi connectivity index (χ4v) is 4.58. The van der Waals surface area contributed by atoms with Crippen molar-refractivity contribution in [2.45, 2.75) is 32.0 Å². The Balaban J connectivity index is 1.05. The van der Waals surface area contributed by atoms with Crippen LogP contribution < -0.4 is 15.0 Å². The average Bonchev–Trinajstić information content (AvgIpc) is 3.50. The van der Waals surface area contributed by atoms with Gasteiger partial charge in [-0.2, -0.15) is 5.10 Å². The maximum absolute atomic E-state index is 12.0. The van der Waals surface area contributed by atoms with Crippen LogP contribution in [0, 0.1) is 11.8 Å². The summed E-state index contributed by atoms with van der Waals surface area (Å²) in [5, 5.41) is 10.9. The first-order valence-electron chi connectivity index (χ1n) is 13.1. The molecular weight excluding hydrogens is 504 g/mol. The Morgan fingerprint density at radius 3 is 2.83 bits per heavy atom. The normalized spacial score (nSPS) is 13.9. The van der Waals surface area contributed by atoms with Gasteiger partial charge < -0.3 is 15.0 Å². The number of carbonyl (C=O) groups excluding carboxylic acids is 1. The van der Waals surface area contributed by atoms with E-state index in [1.807, 2.05) is 36.4 Å². The van der Waals surface area contributed by atoms with E-state index in [2.05, 4.69) is 47.2 Å². The number of anilines is 1. The largest absolute Gasteiger partial charge is 0.484 e. The van der Waals surface area contributed by atoms with E-state index in [-0.39, 0.29) is 12.5 Å². The average molecular weight is 529 g/mol. The van der Waals surface area contributed by atoms with E-state index in [1.165, 1.54) is 5.56 Å². The van der Waals surface area contributed by atoms with Crippen molar-refractivity contribution in [3.63, 3.8) is 0 Å². The molecule has 3 aromatic heterocycles. The number of aromatic nitrogens is 6. The van der Waals surface area contributed by atoms with Crippen LogP contribution in [0.3, 0.4) is 0 Å². The third kappa shape index (κ3) is 5.17. The molecule has 2 aliphatic rings. The maximum Gasteiger partial charge on any atom is 0.258 e. The number of benzene rings is 2. The van der Waals surface area contributed by atoms with E-state index < -0.39 is 0 Å². The van der Waals surface area contributed by atoms with Crippen LogP contribution in [0.1, 0.15) is 35.2 Å². The van der Waals surface area contributed by atoms with Gasteiger partial charge in [-0.25, -0.2) is 19.9 Å². The number of hydrogen-bond donors (Lipinski definition) is 2. The number of amides is 1. The van der Waals surface area contributed by atoms with Gasteiger partial charge in [0.25, 0.3) is 5.91 Å². The lowest BCUT2D eigenvalue weighted by Crippen LogP contribution is -2.30. The van der Waals surface area contributed by atoms with Crippen LogP contribution in [0.25, 0.3) is 22.4 Å². The van der Waals surface area contributed by atoms with Crippen LogP contribution in [-0.4, -0.2) is 48.7 Å². The number of nitrogens with one attached hydrogen (secondary N) is 2. The van der Waals surface area contributed by atoms with E-state index in [1.54, 1.807) is 30.7 Å². The van der Waals surface area contributed by atoms with Gasteiger partial charge in [-0.15, -0.1) is 0 Å². The SMILES string of the molecule is O=C(COc1ccc2c(c1)CN(c1nccc(-c3nccc(C#Cc4ccc5[nH]ncc5c4)n3)n1)C2)NC1CC1. The molecule has 0 radical (unpaired) electrons. The van der Waals surface area contributed by atoms with Crippen LogP contribution in [-0.2, 0) is 17.9 Å². The number of aromatic amines is 1. The zero-order valence-electron chi connectivity index (χ0n) is 21.5. The van der Waals surface area contributed by atoms with Crippen LogP contribution in [0.2, 0.25) is 0 Å². The summed E-state index contributed by atoms with van der Waals surface area (Å²) in [7, 11) is 0. The van der Waals surface area contributed by atoms with Crippen LogP contribution in [0.4, 0.5) is 5.95 Å². The fourth-order valence-electron chi connectivity index (χ4n) is 4.58. The van der Waals surface area contributed by atoms with Crippen LogP contribution >= 0.6 is 0 Å². The highest BCUT2D eigenvalue weighted by atomic mass is 16.5. The second kappa shape index (κ2) is 10.1. The van der Waals surface area contributed by atoms with Crippen molar-refractivity contribution in [1.82, 2.24) is 35.5 Å². The summed E-state index contributed by atoms with van der Waals surface area (Å²) in [6.07, 6.45) is 7.29. The van der Waals surface area contributed by atoms with Gasteiger partial charge in [-0.3, -0.25) is 9.89 Å². The monoisotopic (exact) mass is 528 g/mol. The van der Waals surface area contributed by atoms with Crippen molar-refractivity contribution in [2.24, 2.45) is 0 Å². The molecule has 1 amide bonds. The fraction of sp³-hybridized carbons (Fsp3) is 0.200. The smallest absolute Gasteiger partial charge is 0.258 e. The van der Waals surface area contributed by atoms with Crippen molar-refractivity contribution in [3.05, 3.63) is 89.5 Å². The van der Waals surface area contributed by atoms with E-state index in [9.17, 15) is 4.79 Å². The summed E-state index contributed by atoms with van der Waals surface area (Å²) in [5.74, 6) is 7.96. The summed E-state index contributed by atoms with van der Waals surface area (Å²) < 4.78 is 5.72. The number of ether oxygens (including phenoxy) is 1. The Morgan fingerprint density at radius 2 is 1.90 bits per heavy atom. The molecule has 7 rings (SSSR count). The number of hydrogen-bond acceptors (Lipinski definition) is 8. The minimum Gasteiger partial charge on any atom is -0.484 e. The van der Waals surface area contributed by atoms with E-state index >= 15 is 0 Å². The van der Waals surface area contributed by atoms with Gasteiger partial charge >= 0.3 is 0 Å². The second-order valence-electron chi connectivity index (χ2n) is 9.85. The molecule has 1 aliphatic carbocycles. The summed E-state index contributed by atoms with van der Waals surface area (Å²) in [4.78, 5) is 32.4. The van der Waals surface area contributed by atoms with Gasteiger partial charge in [0.1, 0.15) is 17.1 Å². The van der Waals surface area contributed by atoms with Gasteiger partial charge in [-0.05, 0) is 72.4 Å². The van der Waals surface area contributed by atoms with Gasteiger partial charge in [-0.1, -0.05) is 12.0 Å². The summed E-state index contributed by atoms with van der Waals surface area (Å²) in [5.41, 5.74) is 5.36. The predicted octanol–water partition coefficient (Wildman–Crippen LogP) is 3.39. The molecule has 0 bridgehead atoms. The van der Waals surface area contributed by atoms with E-state index in [0.29, 0.717) is 48.0 Å². The van der Waals surface area contributed by atoms with Crippen molar-refractivity contribution in [2.75, 3.05) is 11.5 Å². The lowest BCUT2D eigenvalue weighted by Gasteiger charge is -2.15. The molecule has 0 saturated heterocycles. The Morgan fingerprint density at radius 1 is 1.00 bits per heavy atom. The summed E-state index contributed by atoms with van der Waals surface area (Å²) in [6, 6.07) is 15.7. The minimum atomic E-state index is -0.0807. The van der Waals surface area contributed by atoms with Crippen LogP contribution in [0.5, 0.6) is 5.75 Å². The molecule has 0 atom stereocenters. The number of rotatable bonds is 6. The third-order valence-corrected chi connectivity index (χ3v) is 6.80. The molecule has 10 nitrogen and oxygen atoms in total. The predicted molar refractivity (Wildman–Crippen MR) is 148 cm³/mol. The van der Waals surface area contributed by atoms with Crippen molar-refractivity contribution < 1.29 is 9.53 Å². The first kappa shape index (κ1) is 23.8. The summed E-state index contributed by atoms with van der Waals surface area (Å²) in [6.45, 7) is 1.33. The number of fused-ring (bicyclic) bond motifs is 2. The highest BCUT2D eigenvalue weighted by Crippen LogP contribution is 2.30. The second-order valence-corrected chi connectivity index (χ2v) is 9.85. The first-order valence-corrected chi connectivity index (χ1v) is 13.1. The molecule has 10 heteroatoms. The number of H-pyrrole nitrogens is 1. The zero-order valence-corrected chi connectivity index (χ0v) is 21.5. The Bertz CT molecular complexity index is 1800. The maximum atomic E-state index is 12.0. The van der Waals surface area contributed by atoms with Gasteiger partial charge in [0.05, 0.1) is 11.7 Å². The van der Waals surface area contributed by atoms with E-state index in [0.717, 1.165) is 34.9 Å². The molecule has 1 aliphatic heterocycles. The van der Waals surface area contributed by atoms with Crippen LogP contribution in [0.15, 0.2) is 67.1 Å². The highest BCUT2D eigenvalue weighted by molar-refractivity contribution is 5.79. The number of carbonyl (C=O) groups is 1. The molecule has 1 saturated carbocycles. The molecule has 4 heterocycles. The standard InChI is InChI=1S/C30H24N8O2/c39-28(34-23-5-6-23)18-40-25-7-3-20-16-38(17-22(20)14-25)30-32-12-10-27(36-30)29-31-11-9-24(35-29)4-1-19-2-8-26-21(13-19)15-33-37-26/h2-3,7-15,23H,5-6,16-18H2,(H,33,37)(H,34,39). The highest BCUT2D eigenvalue weighted by Gasteiger charge is 2.24. The van der Waals surface area contributed by atoms with Crippen molar-refractivity contribution >= 4 is 22.8 Å². The molecule has 40 heavy (non-hydrogen) atoms. The Kier molecular flexibility index (Phi) is 6.01. The lowest BCUT2D eigenvalue weighted by molar-refractivity contribution is -0.123. The Hall–Kier alpha value is -5.30. The summed E-state index contributed by atoms with van der Waals surface area (Å²) >= 11 is 0. The molecule has 5 aromatic rings. The van der Waals surface area contributed by atoms with Gasteiger partial charge in [0, 0.05) is 42.5 Å². The molecule has 0 spiro atoms. The number of nitrogens with zero attached hydrogens (tertiary/aromatic N) is 6. The molecule has 2 aromatic carbocycles. The lowest BCUT2D eigenvalue weighted by atomic mass is 10.1. The Labute approximate surface area is 229 Å².